The fourth-order valence-electron chi connectivity index (χ4n) is 4.91. The molecule has 0 spiro atoms. The molecular formula is C13H19O2. The molecule has 4 aliphatic rings. The second kappa shape index (κ2) is 3.50. The Morgan fingerprint density at radius 2 is 1.60 bits per heavy atom. The van der Waals surface area contributed by atoms with Gasteiger partial charge in [0.2, 0.25) is 0 Å². The predicted octanol–water partition coefficient (Wildman–Crippen LogP) is 2.68. The SMILES string of the molecule is O=[C]OCCC12CC3CC(CC(C3)C1)C2. The first-order chi connectivity index (χ1) is 7.30. The minimum Gasteiger partial charge on any atom is -0.457 e. The van der Waals surface area contributed by atoms with Crippen molar-refractivity contribution in [1.82, 2.24) is 0 Å². The Balaban J connectivity index is 1.67. The van der Waals surface area contributed by atoms with Crippen molar-refractivity contribution in [3.05, 3.63) is 0 Å². The molecule has 4 rings (SSSR count). The summed E-state index contributed by atoms with van der Waals surface area (Å²) in [4.78, 5) is 10.0. The van der Waals surface area contributed by atoms with Gasteiger partial charge < -0.3 is 4.74 Å². The molecule has 15 heavy (non-hydrogen) atoms. The Kier molecular flexibility index (Phi) is 2.26. The van der Waals surface area contributed by atoms with E-state index in [4.69, 9.17) is 4.74 Å². The molecule has 4 aliphatic carbocycles. The van der Waals surface area contributed by atoms with Gasteiger partial charge in [-0.2, -0.15) is 0 Å². The van der Waals surface area contributed by atoms with Gasteiger partial charge in [-0.25, -0.2) is 4.79 Å². The van der Waals surface area contributed by atoms with Crippen LogP contribution < -0.4 is 0 Å². The van der Waals surface area contributed by atoms with Crippen LogP contribution in [0.5, 0.6) is 0 Å². The highest BCUT2D eigenvalue weighted by Crippen LogP contribution is 2.61. The van der Waals surface area contributed by atoms with E-state index >= 15 is 0 Å². The van der Waals surface area contributed by atoms with E-state index in [2.05, 4.69) is 0 Å². The standard InChI is InChI=1S/C13H19O2/c14-9-15-2-1-13-6-10-3-11(7-13)5-12(4-10)8-13/h10-12H,1-8H2. The van der Waals surface area contributed by atoms with E-state index in [9.17, 15) is 4.79 Å². The highest BCUT2D eigenvalue weighted by atomic mass is 16.5. The van der Waals surface area contributed by atoms with Crippen LogP contribution in [0.4, 0.5) is 0 Å². The lowest BCUT2D eigenvalue weighted by Crippen LogP contribution is -2.46. The minimum atomic E-state index is 0.547. The molecule has 0 saturated heterocycles. The second-order valence-corrected chi connectivity index (χ2v) is 6.10. The average molecular weight is 207 g/mol. The Morgan fingerprint density at radius 3 is 2.07 bits per heavy atom. The van der Waals surface area contributed by atoms with Crippen molar-refractivity contribution in [1.29, 1.82) is 0 Å². The maximum Gasteiger partial charge on any atom is 0.417 e. The topological polar surface area (TPSA) is 26.3 Å². The van der Waals surface area contributed by atoms with Gasteiger partial charge >= 0.3 is 6.47 Å². The molecule has 0 aromatic heterocycles. The lowest BCUT2D eigenvalue weighted by atomic mass is 9.49. The lowest BCUT2D eigenvalue weighted by Gasteiger charge is -2.57. The summed E-state index contributed by atoms with van der Waals surface area (Å²) in [6.07, 6.45) is 9.76. The van der Waals surface area contributed by atoms with Crippen LogP contribution in [-0.2, 0) is 9.53 Å². The summed E-state index contributed by atoms with van der Waals surface area (Å²) in [5, 5.41) is 0. The van der Waals surface area contributed by atoms with E-state index in [1.807, 2.05) is 0 Å². The Morgan fingerprint density at radius 1 is 1.07 bits per heavy atom. The molecule has 0 amide bonds. The summed E-state index contributed by atoms with van der Waals surface area (Å²) in [6.45, 7) is 2.14. The van der Waals surface area contributed by atoms with Gasteiger partial charge in [-0.15, -0.1) is 0 Å². The fourth-order valence-corrected chi connectivity index (χ4v) is 4.91. The molecule has 83 valence electrons. The predicted molar refractivity (Wildman–Crippen MR) is 56.9 cm³/mol. The molecule has 0 aliphatic heterocycles. The molecule has 1 radical (unpaired) electrons. The summed E-state index contributed by atoms with van der Waals surface area (Å²) in [6, 6.07) is 0. The quantitative estimate of drug-likeness (QED) is 0.662. The van der Waals surface area contributed by atoms with Crippen molar-refractivity contribution in [2.24, 2.45) is 23.2 Å². The number of carbonyl (C=O) groups excluding carboxylic acids is 1. The second-order valence-electron chi connectivity index (χ2n) is 6.10. The summed E-state index contributed by atoms with van der Waals surface area (Å²) in [7, 11) is 0. The van der Waals surface area contributed by atoms with Crippen molar-refractivity contribution in [3.8, 4) is 0 Å². The van der Waals surface area contributed by atoms with Gasteiger partial charge in [0, 0.05) is 0 Å². The Bertz CT molecular complexity index is 224. The summed E-state index contributed by atoms with van der Waals surface area (Å²) in [5.74, 6) is 2.99. The van der Waals surface area contributed by atoms with Gasteiger partial charge in [-0.05, 0) is 68.1 Å². The Hall–Kier alpha value is -0.530. The maximum atomic E-state index is 10.0. The highest BCUT2D eigenvalue weighted by Gasteiger charge is 2.50. The van der Waals surface area contributed by atoms with E-state index in [1.165, 1.54) is 38.5 Å². The van der Waals surface area contributed by atoms with Crippen molar-refractivity contribution in [2.75, 3.05) is 6.61 Å². The number of ether oxygens (including phenoxy) is 1. The van der Waals surface area contributed by atoms with Gasteiger partial charge in [-0.1, -0.05) is 0 Å². The van der Waals surface area contributed by atoms with Crippen molar-refractivity contribution < 1.29 is 9.53 Å². The fraction of sp³-hybridized carbons (Fsp3) is 0.923. The van der Waals surface area contributed by atoms with Gasteiger partial charge in [0.1, 0.15) is 0 Å². The van der Waals surface area contributed by atoms with Crippen LogP contribution >= 0.6 is 0 Å². The zero-order chi connectivity index (χ0) is 10.3. The first-order valence-corrected chi connectivity index (χ1v) is 6.29. The summed E-state index contributed by atoms with van der Waals surface area (Å²) < 4.78 is 4.77. The molecule has 4 bridgehead atoms. The third-order valence-corrected chi connectivity index (χ3v) is 4.96. The van der Waals surface area contributed by atoms with Gasteiger partial charge in [0.15, 0.2) is 0 Å². The zero-order valence-electron chi connectivity index (χ0n) is 9.21. The number of hydrogen-bond donors (Lipinski definition) is 0. The molecule has 4 saturated carbocycles. The van der Waals surface area contributed by atoms with E-state index in [0.717, 1.165) is 24.2 Å². The highest BCUT2D eigenvalue weighted by molar-refractivity contribution is 5.38. The summed E-state index contributed by atoms with van der Waals surface area (Å²) in [5.41, 5.74) is 0.547. The first-order valence-electron chi connectivity index (χ1n) is 6.29. The largest absolute Gasteiger partial charge is 0.457 e. The van der Waals surface area contributed by atoms with Gasteiger partial charge in [0.05, 0.1) is 6.61 Å². The van der Waals surface area contributed by atoms with Crippen LogP contribution in [0.1, 0.15) is 44.9 Å². The minimum absolute atomic E-state index is 0.547. The van der Waals surface area contributed by atoms with E-state index in [-0.39, 0.29) is 0 Å². The van der Waals surface area contributed by atoms with Crippen LogP contribution in [0.2, 0.25) is 0 Å². The average Bonchev–Trinajstić information content (AvgIpc) is 2.15. The smallest absolute Gasteiger partial charge is 0.417 e. The molecule has 0 aromatic carbocycles. The van der Waals surface area contributed by atoms with E-state index in [1.54, 1.807) is 6.47 Å². The molecule has 0 N–H and O–H groups in total. The number of hydrogen-bond acceptors (Lipinski definition) is 2. The van der Waals surface area contributed by atoms with Crippen LogP contribution in [-0.4, -0.2) is 13.1 Å². The van der Waals surface area contributed by atoms with Gasteiger partial charge in [-0.3, -0.25) is 0 Å². The van der Waals surface area contributed by atoms with Crippen LogP contribution in [0.25, 0.3) is 0 Å². The zero-order valence-corrected chi connectivity index (χ0v) is 9.21. The molecule has 2 heteroatoms. The molecule has 0 atom stereocenters. The van der Waals surface area contributed by atoms with Gasteiger partial charge in [0.25, 0.3) is 0 Å². The maximum absolute atomic E-state index is 10.0. The molecule has 0 heterocycles. The molecular weight excluding hydrogens is 188 g/mol. The van der Waals surface area contributed by atoms with Crippen molar-refractivity contribution in [3.63, 3.8) is 0 Å². The molecule has 0 unspecified atom stereocenters. The van der Waals surface area contributed by atoms with E-state index < -0.39 is 0 Å². The Labute approximate surface area is 91.4 Å². The molecule has 2 nitrogen and oxygen atoms in total. The van der Waals surface area contributed by atoms with Crippen LogP contribution in [0.3, 0.4) is 0 Å². The third kappa shape index (κ3) is 1.68. The number of rotatable bonds is 4. The summed E-state index contributed by atoms with van der Waals surface area (Å²) >= 11 is 0. The lowest BCUT2D eigenvalue weighted by molar-refractivity contribution is -0.0629. The molecule has 4 fully saturated rings. The van der Waals surface area contributed by atoms with Crippen molar-refractivity contribution in [2.45, 2.75) is 44.9 Å². The first kappa shape index (κ1) is 9.68. The molecule has 0 aromatic rings. The van der Waals surface area contributed by atoms with Crippen LogP contribution in [0, 0.1) is 23.2 Å². The van der Waals surface area contributed by atoms with E-state index in [0.29, 0.717) is 12.0 Å². The third-order valence-electron chi connectivity index (χ3n) is 4.96. The normalized spacial score (nSPS) is 46.8. The van der Waals surface area contributed by atoms with Crippen LogP contribution in [0.15, 0.2) is 0 Å². The van der Waals surface area contributed by atoms with Crippen molar-refractivity contribution >= 4 is 6.47 Å². The monoisotopic (exact) mass is 207 g/mol.